The van der Waals surface area contributed by atoms with Crippen LogP contribution in [0.5, 0.6) is 0 Å². The fourth-order valence-electron chi connectivity index (χ4n) is 2.60. The van der Waals surface area contributed by atoms with Crippen LogP contribution in [0.15, 0.2) is 18.3 Å². The Labute approximate surface area is 109 Å². The van der Waals surface area contributed by atoms with Crippen molar-refractivity contribution in [3.8, 4) is 6.07 Å². The number of nitriles is 1. The molecule has 1 N–H and O–H groups in total. The number of likely N-dealkylation sites (N-methyl/N-ethyl adjacent to an activating group) is 1. The Balaban J connectivity index is 1.83. The third kappa shape index (κ3) is 3.06. The van der Waals surface area contributed by atoms with Gasteiger partial charge in [0.1, 0.15) is 11.8 Å². The fourth-order valence-corrected chi connectivity index (χ4v) is 2.60. The molecule has 96 valence electrons. The first-order valence-corrected chi connectivity index (χ1v) is 6.64. The van der Waals surface area contributed by atoms with Crippen LogP contribution in [0, 0.1) is 11.3 Å². The molecule has 0 saturated carbocycles. The van der Waals surface area contributed by atoms with Crippen molar-refractivity contribution in [2.45, 2.75) is 32.4 Å². The van der Waals surface area contributed by atoms with E-state index < -0.39 is 0 Å². The van der Waals surface area contributed by atoms with Crippen molar-refractivity contribution >= 4 is 0 Å². The zero-order chi connectivity index (χ0) is 12.8. The highest BCUT2D eigenvalue weighted by atomic mass is 15.2. The van der Waals surface area contributed by atoms with Crippen molar-refractivity contribution in [1.82, 2.24) is 15.2 Å². The maximum Gasteiger partial charge on any atom is 0.144 e. The van der Waals surface area contributed by atoms with E-state index in [0.29, 0.717) is 11.7 Å². The van der Waals surface area contributed by atoms with E-state index in [9.17, 15) is 0 Å². The number of likely N-dealkylation sites (tertiary alicyclic amines) is 1. The molecule has 18 heavy (non-hydrogen) atoms. The second-order valence-corrected chi connectivity index (χ2v) is 4.68. The van der Waals surface area contributed by atoms with Crippen molar-refractivity contribution < 1.29 is 0 Å². The normalized spacial score (nSPS) is 19.9. The average molecular weight is 244 g/mol. The third-order valence-electron chi connectivity index (χ3n) is 3.60. The van der Waals surface area contributed by atoms with Gasteiger partial charge in [-0.15, -0.1) is 0 Å². The van der Waals surface area contributed by atoms with Crippen molar-refractivity contribution in [1.29, 1.82) is 5.26 Å². The van der Waals surface area contributed by atoms with Crippen LogP contribution in [-0.4, -0.2) is 35.6 Å². The number of nitrogens with one attached hydrogen (secondary N) is 1. The van der Waals surface area contributed by atoms with Gasteiger partial charge in [-0.3, -0.25) is 4.90 Å². The van der Waals surface area contributed by atoms with E-state index in [0.717, 1.165) is 25.2 Å². The number of rotatable bonds is 5. The van der Waals surface area contributed by atoms with Gasteiger partial charge in [-0.1, -0.05) is 13.0 Å². The van der Waals surface area contributed by atoms with Crippen LogP contribution in [0.4, 0.5) is 0 Å². The maximum absolute atomic E-state index is 8.96. The van der Waals surface area contributed by atoms with Gasteiger partial charge in [-0.05, 0) is 32.0 Å². The van der Waals surface area contributed by atoms with Gasteiger partial charge < -0.3 is 5.32 Å². The van der Waals surface area contributed by atoms with E-state index >= 15 is 0 Å². The van der Waals surface area contributed by atoms with Crippen LogP contribution in [0.2, 0.25) is 0 Å². The van der Waals surface area contributed by atoms with E-state index in [1.165, 1.54) is 19.4 Å². The van der Waals surface area contributed by atoms with Crippen molar-refractivity contribution in [2.24, 2.45) is 0 Å². The highest BCUT2D eigenvalue weighted by molar-refractivity contribution is 5.30. The molecule has 1 saturated heterocycles. The molecule has 2 rings (SSSR count). The van der Waals surface area contributed by atoms with Gasteiger partial charge >= 0.3 is 0 Å². The van der Waals surface area contributed by atoms with E-state index in [4.69, 9.17) is 5.26 Å². The summed E-state index contributed by atoms with van der Waals surface area (Å²) < 4.78 is 0. The molecule has 1 aliphatic rings. The number of pyridine rings is 1. The Morgan fingerprint density at radius 2 is 2.50 bits per heavy atom. The molecule has 0 aliphatic carbocycles. The van der Waals surface area contributed by atoms with Gasteiger partial charge in [0.15, 0.2) is 0 Å². The predicted octanol–water partition coefficient (Wildman–Crippen LogP) is 1.53. The lowest BCUT2D eigenvalue weighted by Crippen LogP contribution is -2.37. The Hall–Kier alpha value is -1.44. The first kappa shape index (κ1) is 13.0. The molecule has 1 atom stereocenters. The van der Waals surface area contributed by atoms with E-state index in [2.05, 4.69) is 28.2 Å². The summed E-state index contributed by atoms with van der Waals surface area (Å²) in [6.45, 7) is 6.29. The maximum atomic E-state index is 8.96. The Morgan fingerprint density at radius 3 is 3.28 bits per heavy atom. The highest BCUT2D eigenvalue weighted by Crippen LogP contribution is 2.15. The first-order chi connectivity index (χ1) is 8.85. The summed E-state index contributed by atoms with van der Waals surface area (Å²) in [5.41, 5.74) is 1.52. The lowest BCUT2D eigenvalue weighted by Gasteiger charge is -2.23. The minimum atomic E-state index is 0.531. The van der Waals surface area contributed by atoms with Crippen molar-refractivity contribution in [3.63, 3.8) is 0 Å². The standard InChI is InChI=1S/C14H20N4/c1-2-18-8-4-6-13(18)11-16-10-12-5-3-7-17-14(12)9-15/h3,5,7,13,16H,2,4,6,8,10-11H2,1H3. The molecule has 0 spiro atoms. The minimum absolute atomic E-state index is 0.531. The molecule has 1 fully saturated rings. The third-order valence-corrected chi connectivity index (χ3v) is 3.60. The summed E-state index contributed by atoms with van der Waals surface area (Å²) in [6, 6.07) is 6.63. The molecule has 4 heteroatoms. The molecular weight excluding hydrogens is 224 g/mol. The van der Waals surface area contributed by atoms with Gasteiger partial charge in [0, 0.05) is 30.9 Å². The summed E-state index contributed by atoms with van der Waals surface area (Å²) in [6.07, 6.45) is 4.24. The molecule has 2 heterocycles. The molecular formula is C14H20N4. The molecule has 4 nitrogen and oxygen atoms in total. The number of nitrogens with zero attached hydrogens (tertiary/aromatic N) is 3. The second kappa shape index (κ2) is 6.48. The summed E-state index contributed by atoms with van der Waals surface area (Å²) >= 11 is 0. The molecule has 1 aromatic heterocycles. The quantitative estimate of drug-likeness (QED) is 0.853. The number of hydrogen-bond acceptors (Lipinski definition) is 4. The summed E-state index contributed by atoms with van der Waals surface area (Å²) in [5.74, 6) is 0. The van der Waals surface area contributed by atoms with Crippen LogP contribution < -0.4 is 5.32 Å². The second-order valence-electron chi connectivity index (χ2n) is 4.68. The molecule has 0 bridgehead atoms. The lowest BCUT2D eigenvalue weighted by atomic mass is 10.2. The Bertz CT molecular complexity index is 424. The van der Waals surface area contributed by atoms with E-state index in [1.54, 1.807) is 6.20 Å². The molecule has 1 aromatic rings. The van der Waals surface area contributed by atoms with Crippen LogP contribution >= 0.6 is 0 Å². The van der Waals surface area contributed by atoms with E-state index in [-0.39, 0.29) is 0 Å². The van der Waals surface area contributed by atoms with Gasteiger partial charge in [0.2, 0.25) is 0 Å². The molecule has 0 aromatic carbocycles. The average Bonchev–Trinajstić information content (AvgIpc) is 2.87. The van der Waals surface area contributed by atoms with Crippen molar-refractivity contribution in [2.75, 3.05) is 19.6 Å². The summed E-state index contributed by atoms with van der Waals surface area (Å²) in [5, 5.41) is 12.4. The Kier molecular flexibility index (Phi) is 4.68. The monoisotopic (exact) mass is 244 g/mol. The topological polar surface area (TPSA) is 52.0 Å². The zero-order valence-electron chi connectivity index (χ0n) is 10.9. The SMILES string of the molecule is CCN1CCCC1CNCc1cccnc1C#N. The van der Waals surface area contributed by atoms with Crippen molar-refractivity contribution in [3.05, 3.63) is 29.6 Å². The smallest absolute Gasteiger partial charge is 0.144 e. The summed E-state index contributed by atoms with van der Waals surface area (Å²) in [7, 11) is 0. The van der Waals surface area contributed by atoms with Gasteiger partial charge in [-0.2, -0.15) is 5.26 Å². The van der Waals surface area contributed by atoms with Crippen LogP contribution in [-0.2, 0) is 6.54 Å². The zero-order valence-corrected chi connectivity index (χ0v) is 10.9. The predicted molar refractivity (Wildman–Crippen MR) is 70.9 cm³/mol. The molecule has 0 radical (unpaired) electrons. The van der Waals surface area contributed by atoms with Crippen LogP contribution in [0.25, 0.3) is 0 Å². The summed E-state index contributed by atoms with van der Waals surface area (Å²) in [4.78, 5) is 6.58. The largest absolute Gasteiger partial charge is 0.311 e. The van der Waals surface area contributed by atoms with E-state index in [1.807, 2.05) is 12.1 Å². The van der Waals surface area contributed by atoms with Gasteiger partial charge in [0.05, 0.1) is 0 Å². The molecule has 1 unspecified atom stereocenters. The van der Waals surface area contributed by atoms with Crippen LogP contribution in [0.1, 0.15) is 31.0 Å². The number of aromatic nitrogens is 1. The highest BCUT2D eigenvalue weighted by Gasteiger charge is 2.22. The lowest BCUT2D eigenvalue weighted by molar-refractivity contribution is 0.260. The van der Waals surface area contributed by atoms with Gasteiger partial charge in [0.25, 0.3) is 0 Å². The molecule has 1 aliphatic heterocycles. The fraction of sp³-hybridized carbons (Fsp3) is 0.571. The van der Waals surface area contributed by atoms with Gasteiger partial charge in [-0.25, -0.2) is 4.98 Å². The number of hydrogen-bond donors (Lipinski definition) is 1. The van der Waals surface area contributed by atoms with Crippen LogP contribution in [0.3, 0.4) is 0 Å². The minimum Gasteiger partial charge on any atom is -0.311 e. The Morgan fingerprint density at radius 1 is 1.61 bits per heavy atom. The molecule has 0 amide bonds. The first-order valence-electron chi connectivity index (χ1n) is 6.64.